The van der Waals surface area contributed by atoms with E-state index in [0.717, 1.165) is 0 Å². The molecule has 1 unspecified atom stereocenters. The van der Waals surface area contributed by atoms with Gasteiger partial charge in [0.1, 0.15) is 0 Å². The fourth-order valence-corrected chi connectivity index (χ4v) is 2.19. The second-order valence-corrected chi connectivity index (χ2v) is 5.74. The van der Waals surface area contributed by atoms with Crippen LogP contribution in [0.3, 0.4) is 0 Å². The highest BCUT2D eigenvalue weighted by Gasteiger charge is 2.27. The van der Waals surface area contributed by atoms with Crippen LogP contribution in [0, 0.1) is 0 Å². The van der Waals surface area contributed by atoms with Gasteiger partial charge in [0.25, 0.3) is 5.91 Å². The van der Waals surface area contributed by atoms with Gasteiger partial charge in [-0.3, -0.25) is 9.78 Å². The van der Waals surface area contributed by atoms with Gasteiger partial charge in [0.2, 0.25) is 6.10 Å². The van der Waals surface area contributed by atoms with E-state index in [1.807, 2.05) is 6.07 Å². The van der Waals surface area contributed by atoms with Gasteiger partial charge >= 0.3 is 5.97 Å². The normalized spacial score (nSPS) is 11.6. The maximum atomic E-state index is 12.3. The molecule has 22 heavy (non-hydrogen) atoms. The molecule has 0 aliphatic carbocycles. The molecule has 1 aromatic heterocycles. The first-order valence-electron chi connectivity index (χ1n) is 6.56. The molecule has 1 atom stereocenters. The Morgan fingerprint density at radius 1 is 1.18 bits per heavy atom. The molecule has 1 aromatic carbocycles. The van der Waals surface area contributed by atoms with Crippen LogP contribution >= 0.6 is 15.9 Å². The third-order valence-corrected chi connectivity index (χ3v) is 3.37. The van der Waals surface area contributed by atoms with E-state index >= 15 is 0 Å². The van der Waals surface area contributed by atoms with Crippen LogP contribution < -0.4 is 0 Å². The number of rotatable bonds is 4. The summed E-state index contributed by atoms with van der Waals surface area (Å²) in [6.45, 7) is 0. The molecule has 2 rings (SSSR count). The third-order valence-electron chi connectivity index (χ3n) is 2.93. The Kier molecular flexibility index (Phi) is 5.27. The number of hydrogen-bond donors (Lipinski definition) is 0. The third kappa shape index (κ3) is 3.92. The number of carbonyl (C=O) groups excluding carboxylic acids is 2. The van der Waals surface area contributed by atoms with Crippen molar-refractivity contribution >= 4 is 27.8 Å². The smallest absolute Gasteiger partial charge is 0.340 e. The van der Waals surface area contributed by atoms with E-state index in [-0.39, 0.29) is 11.5 Å². The lowest BCUT2D eigenvalue weighted by molar-refractivity contribution is -0.138. The van der Waals surface area contributed by atoms with Crippen molar-refractivity contribution in [2.45, 2.75) is 6.10 Å². The molecule has 5 nitrogen and oxygen atoms in total. The minimum atomic E-state index is -0.984. The quantitative estimate of drug-likeness (QED) is 0.784. The Labute approximate surface area is 137 Å². The van der Waals surface area contributed by atoms with Gasteiger partial charge < -0.3 is 9.64 Å². The van der Waals surface area contributed by atoms with Crippen molar-refractivity contribution in [2.75, 3.05) is 14.1 Å². The summed E-state index contributed by atoms with van der Waals surface area (Å²) in [4.78, 5) is 29.9. The van der Waals surface area contributed by atoms with Crippen molar-refractivity contribution in [3.63, 3.8) is 0 Å². The molecule has 1 heterocycles. The van der Waals surface area contributed by atoms with Gasteiger partial charge in [-0.2, -0.15) is 0 Å². The minimum Gasteiger partial charge on any atom is -0.444 e. The van der Waals surface area contributed by atoms with Crippen molar-refractivity contribution in [3.05, 3.63) is 64.4 Å². The molecule has 0 saturated carbocycles. The summed E-state index contributed by atoms with van der Waals surface area (Å²) in [5.41, 5.74) is 0.902. The first kappa shape index (κ1) is 16.2. The van der Waals surface area contributed by atoms with Crippen LogP contribution in [0.25, 0.3) is 0 Å². The average molecular weight is 363 g/mol. The van der Waals surface area contributed by atoms with Crippen LogP contribution in [-0.4, -0.2) is 35.9 Å². The summed E-state index contributed by atoms with van der Waals surface area (Å²) in [6.07, 6.45) is 1.98. The minimum absolute atomic E-state index is 0.280. The summed E-state index contributed by atoms with van der Waals surface area (Å²) < 4.78 is 6.07. The molecule has 0 aliphatic rings. The lowest BCUT2D eigenvalue weighted by Crippen LogP contribution is -2.31. The number of nitrogens with zero attached hydrogens (tertiary/aromatic N) is 2. The molecule has 6 heteroatoms. The summed E-state index contributed by atoms with van der Waals surface area (Å²) in [5, 5.41) is 0. The second kappa shape index (κ2) is 7.17. The van der Waals surface area contributed by atoms with E-state index in [0.29, 0.717) is 10.0 Å². The van der Waals surface area contributed by atoms with Gasteiger partial charge in [-0.05, 0) is 22.0 Å². The molecular weight excluding hydrogens is 348 g/mol. The molecule has 0 aliphatic heterocycles. The molecule has 114 valence electrons. The molecule has 0 saturated heterocycles. The summed E-state index contributed by atoms with van der Waals surface area (Å²) in [6, 6.07) is 10.5. The van der Waals surface area contributed by atoms with Gasteiger partial charge in [0.15, 0.2) is 0 Å². The Morgan fingerprint density at radius 2 is 1.86 bits per heavy atom. The SMILES string of the molecule is CN(C)C(=O)C(OC(=O)c1cncc(Br)c1)c1ccccc1. The number of likely N-dealkylation sites (N-methyl/N-ethyl adjacent to an activating group) is 1. The largest absolute Gasteiger partial charge is 0.444 e. The number of carbonyl (C=O) groups is 2. The van der Waals surface area contributed by atoms with Crippen LogP contribution in [0.5, 0.6) is 0 Å². The number of ether oxygens (including phenoxy) is 1. The summed E-state index contributed by atoms with van der Waals surface area (Å²) in [7, 11) is 3.24. The van der Waals surface area contributed by atoms with Crippen molar-refractivity contribution in [1.82, 2.24) is 9.88 Å². The highest BCUT2D eigenvalue weighted by Crippen LogP contribution is 2.21. The van der Waals surface area contributed by atoms with Crippen LogP contribution in [0.2, 0.25) is 0 Å². The second-order valence-electron chi connectivity index (χ2n) is 4.82. The highest BCUT2D eigenvalue weighted by molar-refractivity contribution is 9.10. The highest BCUT2D eigenvalue weighted by atomic mass is 79.9. The van der Waals surface area contributed by atoms with E-state index < -0.39 is 12.1 Å². The topological polar surface area (TPSA) is 59.5 Å². The molecule has 0 bridgehead atoms. The average Bonchev–Trinajstić information content (AvgIpc) is 2.52. The maximum absolute atomic E-state index is 12.3. The van der Waals surface area contributed by atoms with E-state index in [2.05, 4.69) is 20.9 Å². The molecule has 0 N–H and O–H groups in total. The van der Waals surface area contributed by atoms with Gasteiger partial charge in [-0.25, -0.2) is 4.79 Å². The monoisotopic (exact) mass is 362 g/mol. The standard InChI is InChI=1S/C16H15BrN2O3/c1-19(2)15(20)14(11-6-4-3-5-7-11)22-16(21)12-8-13(17)10-18-9-12/h3-10,14H,1-2H3. The maximum Gasteiger partial charge on any atom is 0.340 e. The number of aromatic nitrogens is 1. The van der Waals surface area contributed by atoms with Crippen molar-refractivity contribution in [3.8, 4) is 0 Å². The Hall–Kier alpha value is -2.21. The first-order valence-corrected chi connectivity index (χ1v) is 7.36. The zero-order valence-electron chi connectivity index (χ0n) is 12.2. The molecule has 0 radical (unpaired) electrons. The van der Waals surface area contributed by atoms with Crippen molar-refractivity contribution < 1.29 is 14.3 Å². The fraction of sp³-hybridized carbons (Fsp3) is 0.188. The van der Waals surface area contributed by atoms with Gasteiger partial charge in [0, 0.05) is 36.5 Å². The number of esters is 1. The van der Waals surface area contributed by atoms with Crippen LogP contribution in [0.1, 0.15) is 22.0 Å². The molecule has 1 amide bonds. The Bertz CT molecular complexity index is 674. The van der Waals surface area contributed by atoms with Crippen molar-refractivity contribution in [2.24, 2.45) is 0 Å². The molecule has 2 aromatic rings. The van der Waals surface area contributed by atoms with Crippen molar-refractivity contribution in [1.29, 1.82) is 0 Å². The summed E-state index contributed by atoms with van der Waals surface area (Å²) >= 11 is 3.25. The predicted octanol–water partition coefficient (Wildman–Crippen LogP) is 2.83. The number of amides is 1. The lowest BCUT2D eigenvalue weighted by atomic mass is 10.1. The van der Waals surface area contributed by atoms with Gasteiger partial charge in [-0.1, -0.05) is 30.3 Å². The van der Waals surface area contributed by atoms with E-state index in [1.54, 1.807) is 50.6 Å². The van der Waals surface area contributed by atoms with E-state index in [9.17, 15) is 9.59 Å². The van der Waals surface area contributed by atoms with Crippen LogP contribution in [0.4, 0.5) is 0 Å². The zero-order chi connectivity index (χ0) is 16.1. The number of benzene rings is 1. The predicted molar refractivity (Wildman–Crippen MR) is 85.2 cm³/mol. The first-order chi connectivity index (χ1) is 10.5. The molecule has 0 fully saturated rings. The Morgan fingerprint density at radius 3 is 2.45 bits per heavy atom. The summed E-state index contributed by atoms with van der Waals surface area (Å²) in [5.74, 6) is -0.902. The Balaban J connectivity index is 2.27. The number of halogens is 1. The number of pyridine rings is 1. The molecular formula is C16H15BrN2O3. The van der Waals surface area contributed by atoms with Gasteiger partial charge in [-0.15, -0.1) is 0 Å². The zero-order valence-corrected chi connectivity index (χ0v) is 13.8. The lowest BCUT2D eigenvalue weighted by Gasteiger charge is -2.21. The molecule has 0 spiro atoms. The van der Waals surface area contributed by atoms with Crippen LogP contribution in [0.15, 0.2) is 53.3 Å². The van der Waals surface area contributed by atoms with E-state index in [4.69, 9.17) is 4.74 Å². The van der Waals surface area contributed by atoms with E-state index in [1.165, 1.54) is 11.1 Å². The van der Waals surface area contributed by atoms with Crippen LogP contribution in [-0.2, 0) is 9.53 Å². The fourth-order valence-electron chi connectivity index (χ4n) is 1.82. The van der Waals surface area contributed by atoms with Gasteiger partial charge in [0.05, 0.1) is 5.56 Å². The number of hydrogen-bond acceptors (Lipinski definition) is 4.